The second-order valence-electron chi connectivity index (χ2n) is 11.9. The number of carbonyl (C=O) groups is 5. The fourth-order valence-corrected chi connectivity index (χ4v) is 7.35. The van der Waals surface area contributed by atoms with E-state index in [1.54, 1.807) is 7.05 Å². The van der Waals surface area contributed by atoms with Crippen LogP contribution in [0.1, 0.15) is 57.9 Å². The van der Waals surface area contributed by atoms with Gasteiger partial charge in [0.25, 0.3) is 5.56 Å². The third kappa shape index (κ3) is 6.50. The Morgan fingerprint density at radius 2 is 1.65 bits per heavy atom. The maximum atomic E-state index is 13.3. The lowest BCUT2D eigenvalue weighted by atomic mass is 9.66. The molecule has 0 unspecified atom stereocenters. The van der Waals surface area contributed by atoms with Gasteiger partial charge in [-0.15, -0.1) is 0 Å². The van der Waals surface area contributed by atoms with Gasteiger partial charge in [0, 0.05) is 57.1 Å². The predicted octanol–water partition coefficient (Wildman–Crippen LogP) is 0.128. The van der Waals surface area contributed by atoms with Gasteiger partial charge in [-0.25, -0.2) is 9.59 Å². The molecule has 1 aliphatic heterocycles. The molecule has 1 saturated heterocycles. The lowest BCUT2D eigenvalue weighted by molar-refractivity contribution is -0.182. The van der Waals surface area contributed by atoms with Crippen molar-refractivity contribution in [2.24, 2.45) is 29.1 Å². The number of aromatic amines is 2. The van der Waals surface area contributed by atoms with Gasteiger partial charge >= 0.3 is 35.5 Å². The Kier molecular flexibility index (Phi) is 9.13. The largest absolute Gasteiger partial charge is 0.462 e. The van der Waals surface area contributed by atoms with Crippen LogP contribution in [0.25, 0.3) is 0 Å². The van der Waals surface area contributed by atoms with E-state index in [2.05, 4.69) is 4.98 Å². The van der Waals surface area contributed by atoms with Crippen LogP contribution in [0.3, 0.4) is 0 Å². The Bertz CT molecular complexity index is 1380. The van der Waals surface area contributed by atoms with Crippen LogP contribution in [-0.4, -0.2) is 89.5 Å². The summed E-state index contributed by atoms with van der Waals surface area (Å²) in [5, 5.41) is 0. The summed E-state index contributed by atoms with van der Waals surface area (Å²) in [7, 11) is 1.59. The molecule has 0 radical (unpaired) electrons. The number of rotatable bonds is 8. The zero-order valence-corrected chi connectivity index (χ0v) is 24.9. The number of aromatic nitrogens is 2. The van der Waals surface area contributed by atoms with Crippen LogP contribution in [0, 0.1) is 29.1 Å². The fourth-order valence-electron chi connectivity index (χ4n) is 7.35. The van der Waals surface area contributed by atoms with Crippen LogP contribution in [0.2, 0.25) is 0 Å². The molecule has 0 aromatic carbocycles. The molecule has 4 rings (SSSR count). The first-order chi connectivity index (χ1) is 20.1. The predicted molar refractivity (Wildman–Crippen MR) is 144 cm³/mol. The number of ether oxygens (including phenoxy) is 5. The fraction of sp³-hybridized carbons (Fsp3) is 0.679. The van der Waals surface area contributed by atoms with E-state index in [1.165, 1.54) is 25.7 Å². The highest BCUT2D eigenvalue weighted by Gasteiger charge is 2.68. The normalized spacial score (nSPS) is 33.0. The maximum Gasteiger partial charge on any atom is 0.356 e. The third-order valence-corrected chi connectivity index (χ3v) is 8.73. The van der Waals surface area contributed by atoms with E-state index in [1.807, 2.05) is 18.8 Å². The number of carbonyl (C=O) groups excluding carboxylic acids is 5. The molecule has 15 nitrogen and oxygen atoms in total. The summed E-state index contributed by atoms with van der Waals surface area (Å²) < 4.78 is 28.5. The topological polar surface area (TPSA) is 200 Å². The van der Waals surface area contributed by atoms with Crippen molar-refractivity contribution in [2.45, 2.75) is 71.9 Å². The van der Waals surface area contributed by atoms with E-state index in [-0.39, 0.29) is 31.3 Å². The van der Waals surface area contributed by atoms with E-state index in [4.69, 9.17) is 23.7 Å². The van der Waals surface area contributed by atoms with E-state index < -0.39 is 88.7 Å². The first-order valence-corrected chi connectivity index (χ1v) is 14.0. The average molecular weight is 608 g/mol. The van der Waals surface area contributed by atoms with Gasteiger partial charge in [-0.2, -0.15) is 0 Å². The SMILES string of the molecule is CC(=O)O[C@H]1C[C@H](OC(C)=O)[C@]2(C)[C@@H]1[C@H](C)C[C@@H]1OC(=O)[C@H](CN(C)COC(=O)c3cc(=O)[nH]c(=O)[nH]3)[C@H]1[C@@H]2OC(C)=O. The molecule has 1 aromatic rings. The Balaban J connectivity index is 1.64. The summed E-state index contributed by atoms with van der Waals surface area (Å²) >= 11 is 0. The van der Waals surface area contributed by atoms with Gasteiger partial charge < -0.3 is 28.7 Å². The molecule has 2 N–H and O–H groups in total. The minimum atomic E-state index is -1.06. The molecule has 3 aliphatic rings. The summed E-state index contributed by atoms with van der Waals surface area (Å²) in [5.74, 6) is -5.25. The maximum absolute atomic E-state index is 13.3. The second-order valence-corrected chi connectivity index (χ2v) is 11.9. The van der Waals surface area contributed by atoms with E-state index in [0.29, 0.717) is 6.42 Å². The molecule has 1 aromatic heterocycles. The van der Waals surface area contributed by atoms with Crippen molar-refractivity contribution >= 4 is 29.8 Å². The van der Waals surface area contributed by atoms with Crippen LogP contribution in [0.15, 0.2) is 15.7 Å². The lowest BCUT2D eigenvalue weighted by Gasteiger charge is -2.45. The van der Waals surface area contributed by atoms with Crippen molar-refractivity contribution < 1.29 is 47.7 Å². The van der Waals surface area contributed by atoms with E-state index >= 15 is 0 Å². The quantitative estimate of drug-likeness (QED) is 0.230. The van der Waals surface area contributed by atoms with Crippen molar-refractivity contribution in [3.63, 3.8) is 0 Å². The Morgan fingerprint density at radius 1 is 1.00 bits per heavy atom. The first kappa shape index (κ1) is 31.9. The monoisotopic (exact) mass is 607 g/mol. The van der Waals surface area contributed by atoms with Gasteiger partial charge in [0.15, 0.2) is 0 Å². The van der Waals surface area contributed by atoms with Gasteiger partial charge in [-0.05, 0) is 19.4 Å². The molecule has 2 heterocycles. The summed E-state index contributed by atoms with van der Waals surface area (Å²) in [6.07, 6.45) is -2.48. The third-order valence-electron chi connectivity index (χ3n) is 8.73. The molecule has 236 valence electrons. The number of hydrogen-bond acceptors (Lipinski definition) is 13. The van der Waals surface area contributed by atoms with Crippen molar-refractivity contribution in [3.05, 3.63) is 32.6 Å². The lowest BCUT2D eigenvalue weighted by Crippen LogP contribution is -2.54. The van der Waals surface area contributed by atoms with Crippen LogP contribution in [0.5, 0.6) is 0 Å². The number of nitrogens with one attached hydrogen (secondary N) is 2. The van der Waals surface area contributed by atoms with Gasteiger partial charge in [-0.1, -0.05) is 13.8 Å². The number of esters is 5. The van der Waals surface area contributed by atoms with Crippen LogP contribution < -0.4 is 11.2 Å². The first-order valence-electron chi connectivity index (χ1n) is 14.0. The standard InChI is InChI=1S/C28H37N3O12/c1-12-7-18-22(16(25(36)43-18)10-31(6)11-39-26(37)17-8-21(35)30-27(38)29-17)24(42-15(4)34)28(5)20(41-14(3)33)9-19(23(12)28)40-13(2)32/h8,12,16,18-20,22-24H,7,9-11H2,1-6H3,(H2,29,30,35,38)/t12-,16-,18+,19+,20+,22-,23-,24+,28-/m1/s1. The number of nitrogens with zero attached hydrogens (tertiary/aromatic N) is 1. The highest BCUT2D eigenvalue weighted by Crippen LogP contribution is 2.59. The molecule has 43 heavy (non-hydrogen) atoms. The summed E-state index contributed by atoms with van der Waals surface area (Å²) in [6.45, 7) is 7.29. The zero-order chi connectivity index (χ0) is 31.8. The van der Waals surface area contributed by atoms with Crippen molar-refractivity contribution in [1.82, 2.24) is 14.9 Å². The molecule has 9 atom stereocenters. The molecular weight excluding hydrogens is 570 g/mol. The van der Waals surface area contributed by atoms with Crippen molar-refractivity contribution in [3.8, 4) is 0 Å². The minimum Gasteiger partial charge on any atom is -0.462 e. The van der Waals surface area contributed by atoms with E-state index in [0.717, 1.165) is 6.07 Å². The number of fused-ring (bicyclic) bond motifs is 2. The Labute approximate surface area is 246 Å². The van der Waals surface area contributed by atoms with E-state index in [9.17, 15) is 33.6 Å². The smallest absolute Gasteiger partial charge is 0.356 e. The highest BCUT2D eigenvalue weighted by molar-refractivity contribution is 5.86. The van der Waals surface area contributed by atoms with Gasteiger partial charge in [0.1, 0.15) is 36.8 Å². The Hall–Kier alpha value is -4.01. The molecule has 2 aliphatic carbocycles. The number of hydrogen-bond donors (Lipinski definition) is 2. The van der Waals surface area contributed by atoms with Gasteiger partial charge in [-0.3, -0.25) is 33.9 Å². The molecular formula is C28H37N3O12. The zero-order valence-electron chi connectivity index (χ0n) is 24.9. The van der Waals surface area contributed by atoms with Crippen molar-refractivity contribution in [1.29, 1.82) is 0 Å². The average Bonchev–Trinajstić information content (AvgIpc) is 3.28. The summed E-state index contributed by atoms with van der Waals surface area (Å²) in [5.41, 5.74) is -3.04. The molecule has 3 fully saturated rings. The van der Waals surface area contributed by atoms with Crippen LogP contribution in [-0.2, 0) is 42.9 Å². The number of H-pyrrole nitrogens is 2. The summed E-state index contributed by atoms with van der Waals surface area (Å²) in [4.78, 5) is 91.2. The second kappa shape index (κ2) is 12.3. The molecule has 15 heteroatoms. The summed E-state index contributed by atoms with van der Waals surface area (Å²) in [6, 6.07) is 0.889. The van der Waals surface area contributed by atoms with Crippen LogP contribution in [0.4, 0.5) is 0 Å². The van der Waals surface area contributed by atoms with Gasteiger partial charge in [0.2, 0.25) is 0 Å². The highest BCUT2D eigenvalue weighted by atomic mass is 16.6. The Morgan fingerprint density at radius 3 is 2.26 bits per heavy atom. The van der Waals surface area contributed by atoms with Gasteiger partial charge in [0.05, 0.1) is 5.92 Å². The molecule has 2 saturated carbocycles. The minimum absolute atomic E-state index is 0.0255. The molecule has 0 amide bonds. The van der Waals surface area contributed by atoms with Crippen LogP contribution >= 0.6 is 0 Å². The molecule has 0 spiro atoms. The molecule has 0 bridgehead atoms. The van der Waals surface area contributed by atoms with Crippen molar-refractivity contribution in [2.75, 3.05) is 20.3 Å².